The molecule has 0 atom stereocenters. The van der Waals surface area contributed by atoms with Crippen LogP contribution in [0.25, 0.3) is 0 Å². The van der Waals surface area contributed by atoms with Crippen molar-refractivity contribution >= 4 is 11.9 Å². The first-order valence-electron chi connectivity index (χ1n) is 18.1. The van der Waals surface area contributed by atoms with Crippen LogP contribution < -0.4 is 9.47 Å². The fraction of sp³-hybridized carbons (Fsp3) is 0.611. The van der Waals surface area contributed by atoms with Crippen LogP contribution in [0.4, 0.5) is 43.9 Å². The van der Waals surface area contributed by atoms with Gasteiger partial charge in [-0.05, 0) is 0 Å². The van der Waals surface area contributed by atoms with Crippen LogP contribution in [0.2, 0.25) is 0 Å². The summed E-state index contributed by atoms with van der Waals surface area (Å²) >= 11 is 0. The highest BCUT2D eigenvalue weighted by Crippen LogP contribution is 2.30. The molecule has 2 aromatic carbocycles. The SMILES string of the molecule is O=C(CCOCCOCCOCCOCCOCCOCCOCCOCCOCCOCCC(=O)Oc1c(F)c(F)c(F)c(F)c1F)Oc1c(F)c(F)c(F)c(F)c1F. The molecule has 0 aliphatic carbocycles. The van der Waals surface area contributed by atoms with E-state index in [0.29, 0.717) is 66.1 Å². The van der Waals surface area contributed by atoms with E-state index in [1.54, 1.807) is 0 Å². The third kappa shape index (κ3) is 20.2. The summed E-state index contributed by atoms with van der Waals surface area (Å²) in [5, 5.41) is 0. The molecule has 14 nitrogen and oxygen atoms in total. The Morgan fingerprint density at radius 3 is 0.583 bits per heavy atom. The van der Waals surface area contributed by atoms with E-state index in [1.807, 2.05) is 0 Å². The van der Waals surface area contributed by atoms with Crippen molar-refractivity contribution in [3.05, 3.63) is 58.2 Å². The molecule has 60 heavy (non-hydrogen) atoms. The highest BCUT2D eigenvalue weighted by molar-refractivity contribution is 5.73. The molecule has 0 radical (unpaired) electrons. The predicted molar refractivity (Wildman–Crippen MR) is 181 cm³/mol. The van der Waals surface area contributed by atoms with Crippen LogP contribution in [0.1, 0.15) is 12.8 Å². The summed E-state index contributed by atoms with van der Waals surface area (Å²) in [4.78, 5) is 23.3. The van der Waals surface area contributed by atoms with Gasteiger partial charge in [0.2, 0.25) is 69.7 Å². The second-order valence-electron chi connectivity index (χ2n) is 11.4. The molecule has 0 fully saturated rings. The molecule has 0 saturated carbocycles. The zero-order chi connectivity index (χ0) is 44.1. The van der Waals surface area contributed by atoms with Gasteiger partial charge in [-0.3, -0.25) is 9.59 Å². The zero-order valence-corrected chi connectivity index (χ0v) is 32.1. The summed E-state index contributed by atoms with van der Waals surface area (Å²) < 4.78 is 194. The third-order valence-electron chi connectivity index (χ3n) is 7.02. The van der Waals surface area contributed by atoms with Crippen LogP contribution in [-0.2, 0) is 57.0 Å². The van der Waals surface area contributed by atoms with Crippen molar-refractivity contribution < 1.29 is 110 Å². The van der Waals surface area contributed by atoms with Gasteiger partial charge in [-0.25, -0.2) is 26.3 Å². The summed E-state index contributed by atoms with van der Waals surface area (Å²) in [7, 11) is 0. The molecule has 0 heterocycles. The normalized spacial score (nSPS) is 11.4. The maximum absolute atomic E-state index is 13.6. The van der Waals surface area contributed by atoms with Gasteiger partial charge in [0.1, 0.15) is 0 Å². The van der Waals surface area contributed by atoms with Gasteiger partial charge in [0.15, 0.2) is 0 Å². The molecule has 2 aromatic rings. The average Bonchev–Trinajstić information content (AvgIpc) is 3.24. The van der Waals surface area contributed by atoms with Gasteiger partial charge in [0.25, 0.3) is 0 Å². The third-order valence-corrected chi connectivity index (χ3v) is 7.02. The molecule has 2 rings (SSSR count). The molecule has 0 N–H and O–H groups in total. The van der Waals surface area contributed by atoms with E-state index >= 15 is 0 Å². The minimum atomic E-state index is -2.37. The Bertz CT molecular complexity index is 1410. The van der Waals surface area contributed by atoms with E-state index in [1.165, 1.54) is 0 Å². The Kier molecular flexibility index (Phi) is 27.2. The smallest absolute Gasteiger partial charge is 0.313 e. The number of ether oxygens (including phenoxy) is 12. The predicted octanol–water partition coefficient (Wildman–Crippen LogP) is 4.53. The van der Waals surface area contributed by atoms with E-state index in [9.17, 15) is 53.5 Å². The Balaban J connectivity index is 1.24. The highest BCUT2D eigenvalue weighted by Gasteiger charge is 2.29. The number of halogens is 10. The van der Waals surface area contributed by atoms with Crippen LogP contribution in [0, 0.1) is 58.2 Å². The Morgan fingerprint density at radius 1 is 0.250 bits per heavy atom. The number of esters is 2. The van der Waals surface area contributed by atoms with E-state index in [2.05, 4.69) is 9.47 Å². The summed E-state index contributed by atoms with van der Waals surface area (Å²) in [6.45, 7) is 4.23. The molecule has 0 aromatic heterocycles. The van der Waals surface area contributed by atoms with Gasteiger partial charge in [-0.1, -0.05) is 0 Å². The summed E-state index contributed by atoms with van der Waals surface area (Å²) in [5.74, 6) is -28.6. The monoisotopic (exact) mass is 890 g/mol. The molecule has 24 heteroatoms. The van der Waals surface area contributed by atoms with E-state index in [0.717, 1.165) is 0 Å². The summed E-state index contributed by atoms with van der Waals surface area (Å²) in [6.07, 6.45) is -1.03. The average molecular weight is 891 g/mol. The standard InChI is InChI=1S/C36H44F10O14/c37-25-27(39)31(43)35(32(44)28(25)40)59-23(47)1-3-49-5-7-51-9-11-53-13-15-55-17-19-57-21-22-58-20-18-56-16-14-54-12-10-52-8-6-50-4-2-24(48)60-36-33(45)29(41)26(38)30(42)34(36)46/h1-22H2. The molecular weight excluding hydrogens is 846 g/mol. The lowest BCUT2D eigenvalue weighted by Gasteiger charge is -2.09. The molecule has 0 saturated heterocycles. The zero-order valence-electron chi connectivity index (χ0n) is 32.1. The molecule has 0 spiro atoms. The largest absolute Gasteiger partial charge is 0.420 e. The van der Waals surface area contributed by atoms with Gasteiger partial charge in [-0.15, -0.1) is 0 Å². The minimum Gasteiger partial charge on any atom is -0.420 e. The van der Waals surface area contributed by atoms with Crippen LogP contribution in [0.15, 0.2) is 0 Å². The number of rotatable bonds is 35. The fourth-order valence-corrected chi connectivity index (χ4v) is 4.07. The molecule has 342 valence electrons. The number of hydrogen-bond acceptors (Lipinski definition) is 14. The lowest BCUT2D eigenvalue weighted by molar-refractivity contribution is -0.137. The van der Waals surface area contributed by atoms with E-state index < -0.39 is 94.5 Å². The first-order valence-corrected chi connectivity index (χ1v) is 18.1. The second kappa shape index (κ2) is 31.2. The van der Waals surface area contributed by atoms with Crippen LogP contribution in [-0.4, -0.2) is 144 Å². The summed E-state index contributed by atoms with van der Waals surface area (Å²) in [6, 6.07) is 0. The number of carbonyl (C=O) groups is 2. The van der Waals surface area contributed by atoms with Gasteiger partial charge < -0.3 is 56.8 Å². The van der Waals surface area contributed by atoms with Crippen molar-refractivity contribution in [2.24, 2.45) is 0 Å². The fourth-order valence-electron chi connectivity index (χ4n) is 4.07. The van der Waals surface area contributed by atoms with Gasteiger partial charge in [-0.2, -0.15) is 17.6 Å². The number of carbonyl (C=O) groups excluding carboxylic acids is 2. The Morgan fingerprint density at radius 2 is 0.400 bits per heavy atom. The van der Waals surface area contributed by atoms with Crippen molar-refractivity contribution in [2.45, 2.75) is 12.8 Å². The molecule has 0 amide bonds. The molecular formula is C36H44F10O14. The minimum absolute atomic E-state index is 0.0485. The quantitative estimate of drug-likeness (QED) is 0.0239. The van der Waals surface area contributed by atoms with Crippen molar-refractivity contribution in [3.63, 3.8) is 0 Å². The number of hydrogen-bond donors (Lipinski definition) is 0. The topological polar surface area (TPSA) is 145 Å². The van der Waals surface area contributed by atoms with Crippen molar-refractivity contribution in [1.29, 1.82) is 0 Å². The van der Waals surface area contributed by atoms with Gasteiger partial charge in [0, 0.05) is 0 Å². The van der Waals surface area contributed by atoms with Crippen molar-refractivity contribution in [3.8, 4) is 11.5 Å². The maximum Gasteiger partial charge on any atom is 0.313 e. The van der Waals surface area contributed by atoms with Crippen LogP contribution >= 0.6 is 0 Å². The van der Waals surface area contributed by atoms with Crippen molar-refractivity contribution in [1.82, 2.24) is 0 Å². The Labute approximate surface area is 337 Å². The van der Waals surface area contributed by atoms with Gasteiger partial charge in [0.05, 0.1) is 145 Å². The maximum atomic E-state index is 13.6. The van der Waals surface area contributed by atoms with Crippen LogP contribution in [0.5, 0.6) is 11.5 Å². The molecule has 0 unspecified atom stereocenters. The van der Waals surface area contributed by atoms with E-state index in [4.69, 9.17) is 47.4 Å². The number of benzene rings is 2. The lowest BCUT2D eigenvalue weighted by Crippen LogP contribution is -2.17. The van der Waals surface area contributed by atoms with Crippen LogP contribution in [0.3, 0.4) is 0 Å². The molecule has 0 aliphatic heterocycles. The van der Waals surface area contributed by atoms with E-state index in [-0.39, 0.29) is 66.1 Å². The molecule has 0 bridgehead atoms. The first-order chi connectivity index (χ1) is 28.9. The van der Waals surface area contributed by atoms with Crippen molar-refractivity contribution in [2.75, 3.05) is 132 Å². The Hall–Kier alpha value is -3.72. The molecule has 0 aliphatic rings. The second-order valence-corrected chi connectivity index (χ2v) is 11.4. The van der Waals surface area contributed by atoms with Gasteiger partial charge >= 0.3 is 11.9 Å². The highest BCUT2D eigenvalue weighted by atomic mass is 19.2. The first kappa shape index (κ1) is 52.4. The summed E-state index contributed by atoms with van der Waals surface area (Å²) in [5.41, 5.74) is 0. The lowest BCUT2D eigenvalue weighted by atomic mass is 10.2.